The van der Waals surface area contributed by atoms with Crippen LogP contribution in [0.4, 0.5) is 0 Å². The van der Waals surface area contributed by atoms with Gasteiger partial charge in [-0.05, 0) is 25.0 Å². The molecule has 0 spiro atoms. The molecule has 1 aromatic heterocycles. The Morgan fingerprint density at radius 3 is 3.00 bits per heavy atom. The van der Waals surface area contributed by atoms with Gasteiger partial charge in [0.2, 0.25) is 0 Å². The van der Waals surface area contributed by atoms with Crippen molar-refractivity contribution in [3.05, 3.63) is 24.5 Å². The normalized spacial score (nSPS) is 15.8. The Labute approximate surface area is 108 Å². The van der Waals surface area contributed by atoms with E-state index in [0.717, 1.165) is 31.3 Å². The van der Waals surface area contributed by atoms with E-state index >= 15 is 0 Å². The minimum atomic E-state index is 0.610. The molecule has 18 heavy (non-hydrogen) atoms. The molecule has 2 rings (SSSR count). The molecule has 0 aromatic carbocycles. The number of ether oxygens (including phenoxy) is 1. The van der Waals surface area contributed by atoms with Gasteiger partial charge in [0.25, 0.3) is 0 Å². The summed E-state index contributed by atoms with van der Waals surface area (Å²) >= 11 is 0. The summed E-state index contributed by atoms with van der Waals surface area (Å²) in [7, 11) is 1.82. The monoisotopic (exact) mass is 248 g/mol. The number of pyridine rings is 1. The van der Waals surface area contributed by atoms with E-state index in [4.69, 9.17) is 4.74 Å². The van der Waals surface area contributed by atoms with Gasteiger partial charge in [0.1, 0.15) is 12.4 Å². The summed E-state index contributed by atoms with van der Waals surface area (Å²) in [6.45, 7) is 3.56. The average Bonchev–Trinajstić information content (AvgIpc) is 2.94. The Hall–Kier alpha value is -1.78. The van der Waals surface area contributed by atoms with Crippen molar-refractivity contribution in [1.29, 1.82) is 0 Å². The van der Waals surface area contributed by atoms with E-state index in [1.807, 2.05) is 19.2 Å². The Kier molecular flexibility index (Phi) is 4.81. The Morgan fingerprint density at radius 1 is 1.50 bits per heavy atom. The van der Waals surface area contributed by atoms with Gasteiger partial charge in [-0.2, -0.15) is 0 Å². The fraction of sp³-hybridized carbons (Fsp3) is 0.538. The molecule has 98 valence electrons. The van der Waals surface area contributed by atoms with E-state index in [0.29, 0.717) is 6.61 Å². The maximum atomic E-state index is 5.57. The molecule has 5 heteroatoms. The molecule has 0 amide bonds. The van der Waals surface area contributed by atoms with Gasteiger partial charge in [-0.1, -0.05) is 0 Å². The molecule has 0 aliphatic carbocycles. The van der Waals surface area contributed by atoms with Gasteiger partial charge < -0.3 is 15.0 Å². The van der Waals surface area contributed by atoms with E-state index in [2.05, 4.69) is 20.2 Å². The molecular weight excluding hydrogens is 228 g/mol. The minimum Gasteiger partial charge on any atom is -0.490 e. The number of nitrogens with one attached hydrogen (secondary N) is 1. The van der Waals surface area contributed by atoms with Crippen LogP contribution in [0.25, 0.3) is 0 Å². The number of guanidine groups is 1. The molecule has 1 N–H and O–H groups in total. The van der Waals surface area contributed by atoms with Crippen LogP contribution in [0.15, 0.2) is 29.5 Å². The topological polar surface area (TPSA) is 49.8 Å². The molecule has 0 radical (unpaired) electrons. The highest BCUT2D eigenvalue weighted by Crippen LogP contribution is 2.07. The van der Waals surface area contributed by atoms with Gasteiger partial charge in [-0.25, -0.2) is 0 Å². The quantitative estimate of drug-likeness (QED) is 0.493. The van der Waals surface area contributed by atoms with Gasteiger partial charge in [0, 0.05) is 26.3 Å². The molecule has 1 aliphatic rings. The molecule has 1 saturated heterocycles. The molecule has 0 atom stereocenters. The molecule has 0 saturated carbocycles. The minimum absolute atomic E-state index is 0.610. The SMILES string of the molecule is CN=C(NCCOc1cccnc1)N1CCCC1. The van der Waals surface area contributed by atoms with Crippen LogP contribution >= 0.6 is 0 Å². The fourth-order valence-corrected chi connectivity index (χ4v) is 2.03. The fourth-order valence-electron chi connectivity index (χ4n) is 2.03. The summed E-state index contributed by atoms with van der Waals surface area (Å²) in [5.41, 5.74) is 0. The maximum Gasteiger partial charge on any atom is 0.193 e. The van der Waals surface area contributed by atoms with Crippen molar-refractivity contribution in [2.24, 2.45) is 4.99 Å². The zero-order chi connectivity index (χ0) is 12.6. The van der Waals surface area contributed by atoms with Crippen LogP contribution in [-0.2, 0) is 0 Å². The lowest BCUT2D eigenvalue weighted by Gasteiger charge is -2.20. The van der Waals surface area contributed by atoms with Crippen molar-refractivity contribution in [3.8, 4) is 5.75 Å². The highest BCUT2D eigenvalue weighted by Gasteiger charge is 2.14. The lowest BCUT2D eigenvalue weighted by atomic mass is 10.4. The van der Waals surface area contributed by atoms with Gasteiger partial charge >= 0.3 is 0 Å². The van der Waals surface area contributed by atoms with Crippen LogP contribution < -0.4 is 10.1 Å². The second-order valence-corrected chi connectivity index (χ2v) is 4.21. The largest absolute Gasteiger partial charge is 0.490 e. The van der Waals surface area contributed by atoms with Crippen molar-refractivity contribution < 1.29 is 4.74 Å². The predicted octanol–water partition coefficient (Wildman–Crippen LogP) is 1.13. The maximum absolute atomic E-state index is 5.57. The van der Waals surface area contributed by atoms with Gasteiger partial charge in [-0.15, -0.1) is 0 Å². The Morgan fingerprint density at radius 2 is 2.33 bits per heavy atom. The van der Waals surface area contributed by atoms with Crippen LogP contribution in [-0.4, -0.2) is 49.1 Å². The highest BCUT2D eigenvalue weighted by atomic mass is 16.5. The van der Waals surface area contributed by atoms with Crippen molar-refractivity contribution in [1.82, 2.24) is 15.2 Å². The smallest absolute Gasteiger partial charge is 0.193 e. The van der Waals surface area contributed by atoms with Gasteiger partial charge in [-0.3, -0.25) is 9.98 Å². The second-order valence-electron chi connectivity index (χ2n) is 4.21. The highest BCUT2D eigenvalue weighted by molar-refractivity contribution is 5.80. The van der Waals surface area contributed by atoms with Gasteiger partial charge in [0.15, 0.2) is 5.96 Å². The molecule has 0 bridgehead atoms. The van der Waals surface area contributed by atoms with E-state index < -0.39 is 0 Å². The molecule has 1 fully saturated rings. The van der Waals surface area contributed by atoms with Crippen LogP contribution in [0.2, 0.25) is 0 Å². The number of hydrogen-bond donors (Lipinski definition) is 1. The summed E-state index contributed by atoms with van der Waals surface area (Å²) in [5.74, 6) is 1.78. The molecule has 2 heterocycles. The first-order valence-corrected chi connectivity index (χ1v) is 6.38. The number of likely N-dealkylation sites (tertiary alicyclic amines) is 1. The molecule has 1 aromatic rings. The third-order valence-electron chi connectivity index (χ3n) is 2.91. The van der Waals surface area contributed by atoms with Crippen LogP contribution in [0.5, 0.6) is 5.75 Å². The third kappa shape index (κ3) is 3.61. The first-order chi connectivity index (χ1) is 8.90. The third-order valence-corrected chi connectivity index (χ3v) is 2.91. The van der Waals surface area contributed by atoms with E-state index in [1.165, 1.54) is 12.8 Å². The molecule has 1 aliphatic heterocycles. The van der Waals surface area contributed by atoms with Crippen LogP contribution in [0.1, 0.15) is 12.8 Å². The van der Waals surface area contributed by atoms with E-state index in [1.54, 1.807) is 12.4 Å². The Balaban J connectivity index is 1.68. The van der Waals surface area contributed by atoms with E-state index in [9.17, 15) is 0 Å². The van der Waals surface area contributed by atoms with Crippen molar-refractivity contribution in [2.75, 3.05) is 33.3 Å². The zero-order valence-corrected chi connectivity index (χ0v) is 10.8. The summed E-state index contributed by atoms with van der Waals surface area (Å²) in [4.78, 5) is 10.6. The first kappa shape index (κ1) is 12.7. The van der Waals surface area contributed by atoms with Crippen molar-refractivity contribution >= 4 is 5.96 Å². The van der Waals surface area contributed by atoms with Crippen molar-refractivity contribution in [3.63, 3.8) is 0 Å². The number of aliphatic imine (C=N–C) groups is 1. The Bertz CT molecular complexity index is 374. The summed E-state index contributed by atoms with van der Waals surface area (Å²) in [6.07, 6.45) is 5.97. The first-order valence-electron chi connectivity index (χ1n) is 6.38. The molecule has 0 unspecified atom stereocenters. The van der Waals surface area contributed by atoms with Crippen LogP contribution in [0, 0.1) is 0 Å². The van der Waals surface area contributed by atoms with Crippen molar-refractivity contribution in [2.45, 2.75) is 12.8 Å². The molecular formula is C13H20N4O. The predicted molar refractivity (Wildman–Crippen MR) is 71.9 cm³/mol. The summed E-state index contributed by atoms with van der Waals surface area (Å²) in [5, 5.41) is 3.31. The number of nitrogens with zero attached hydrogens (tertiary/aromatic N) is 3. The van der Waals surface area contributed by atoms with E-state index in [-0.39, 0.29) is 0 Å². The summed E-state index contributed by atoms with van der Waals surface area (Å²) < 4.78 is 5.57. The second kappa shape index (κ2) is 6.83. The van der Waals surface area contributed by atoms with Crippen LogP contribution in [0.3, 0.4) is 0 Å². The molecule has 5 nitrogen and oxygen atoms in total. The lowest BCUT2D eigenvalue weighted by Crippen LogP contribution is -2.41. The number of hydrogen-bond acceptors (Lipinski definition) is 3. The zero-order valence-electron chi connectivity index (χ0n) is 10.8. The lowest BCUT2D eigenvalue weighted by molar-refractivity contribution is 0.318. The van der Waals surface area contributed by atoms with Gasteiger partial charge in [0.05, 0.1) is 12.7 Å². The number of rotatable bonds is 4. The summed E-state index contributed by atoms with van der Waals surface area (Å²) in [6, 6.07) is 3.77. The number of aromatic nitrogens is 1. The standard InChI is InChI=1S/C13H20N4O/c1-14-13(17-8-2-3-9-17)16-7-10-18-12-5-4-6-15-11-12/h4-6,11H,2-3,7-10H2,1H3,(H,14,16). The average molecular weight is 248 g/mol.